The van der Waals surface area contributed by atoms with E-state index in [-0.39, 0.29) is 24.7 Å². The molecule has 0 aromatic carbocycles. The number of rotatable bonds is 1. The lowest BCUT2D eigenvalue weighted by molar-refractivity contribution is -0.195. The summed E-state index contributed by atoms with van der Waals surface area (Å²) in [6.07, 6.45) is 2.77. The first-order valence-corrected chi connectivity index (χ1v) is 9.65. The van der Waals surface area contributed by atoms with Gasteiger partial charge in [0, 0.05) is 46.0 Å². The number of hydroxylamine groups is 2. The molecule has 2 aliphatic rings. The minimum Gasteiger partial charge on any atom is -0.331 e. The molecule has 0 aromatic heterocycles. The number of likely N-dealkylation sites (N-methyl/N-ethyl adjacent to an activating group) is 1. The van der Waals surface area contributed by atoms with Gasteiger partial charge in [0.25, 0.3) is 23.6 Å². The fraction of sp³-hybridized carbons (Fsp3) is 0.579. The Hall–Kier alpha value is -2.71. The number of nitrogens with zero attached hydrogens (tertiary/aromatic N) is 3. The molecule has 0 unspecified atom stereocenters. The van der Waals surface area contributed by atoms with Crippen LogP contribution in [0, 0.1) is 0 Å². The van der Waals surface area contributed by atoms with Gasteiger partial charge in [0.2, 0.25) is 0 Å². The van der Waals surface area contributed by atoms with Crippen molar-refractivity contribution >= 4 is 47.0 Å². The quantitative estimate of drug-likeness (QED) is 0.356. The number of amides is 4. The van der Waals surface area contributed by atoms with Gasteiger partial charge in [-0.25, -0.2) is 9.79 Å². The van der Waals surface area contributed by atoms with Crippen LogP contribution in [-0.4, -0.2) is 58.8 Å². The number of hydrogen-bond acceptors (Lipinski definition) is 8. The summed E-state index contributed by atoms with van der Waals surface area (Å²) in [6.45, 7) is 13.1. The first-order valence-electron chi connectivity index (χ1n) is 9.24. The molecule has 1 fully saturated rings. The summed E-state index contributed by atoms with van der Waals surface area (Å²) in [5.74, 6) is -2.05. The van der Waals surface area contributed by atoms with E-state index in [4.69, 9.17) is 0 Å². The molecular weight excluding hydrogens is 398 g/mol. The molecule has 0 aliphatic carbocycles. The molecule has 166 valence electrons. The molecule has 0 bridgehead atoms. The van der Waals surface area contributed by atoms with Gasteiger partial charge in [-0.2, -0.15) is 0 Å². The van der Waals surface area contributed by atoms with Crippen molar-refractivity contribution < 1.29 is 28.8 Å². The zero-order valence-electron chi connectivity index (χ0n) is 18.8. The number of aliphatic imine (C=N–C) groups is 1. The Morgan fingerprint density at radius 2 is 1.28 bits per heavy atom. The second-order valence-corrected chi connectivity index (χ2v) is 4.23. The summed E-state index contributed by atoms with van der Waals surface area (Å²) in [5, 5.41) is 2.66. The lowest BCUT2D eigenvalue weighted by atomic mass is 10.4. The van der Waals surface area contributed by atoms with Crippen molar-refractivity contribution in [1.29, 1.82) is 0 Å². The minimum atomic E-state index is -0.659. The maximum absolute atomic E-state index is 10.7. The molecule has 0 aromatic rings. The average Bonchev–Trinajstić information content (AvgIpc) is 3.22. The monoisotopic (exact) mass is 431 g/mol. The smallest absolute Gasteiger partial charge is 0.330 e. The lowest BCUT2D eigenvalue weighted by Crippen LogP contribution is -2.30. The van der Waals surface area contributed by atoms with E-state index in [9.17, 15) is 24.0 Å². The number of hydrogen-bond donors (Lipinski definition) is 0. The fourth-order valence-corrected chi connectivity index (χ4v) is 1.26. The van der Waals surface area contributed by atoms with Crippen molar-refractivity contribution in [3.63, 3.8) is 0 Å². The Balaban J connectivity index is -0.000000153. The van der Waals surface area contributed by atoms with E-state index in [1.807, 2.05) is 41.5 Å². The summed E-state index contributed by atoms with van der Waals surface area (Å²) in [4.78, 5) is 61.3. The van der Waals surface area contributed by atoms with Gasteiger partial charge in [0.1, 0.15) is 0 Å². The van der Waals surface area contributed by atoms with E-state index >= 15 is 0 Å². The highest BCUT2D eigenvalue weighted by molar-refractivity contribution is 7.78. The molecule has 29 heavy (non-hydrogen) atoms. The van der Waals surface area contributed by atoms with Crippen LogP contribution in [0.4, 0.5) is 0 Å². The van der Waals surface area contributed by atoms with E-state index in [1.165, 1.54) is 19.2 Å². The Kier molecular flexibility index (Phi) is 27.2. The number of imide groups is 2. The van der Waals surface area contributed by atoms with Crippen molar-refractivity contribution in [2.75, 3.05) is 14.1 Å². The molecule has 0 N–H and O–H groups in total. The summed E-state index contributed by atoms with van der Waals surface area (Å²) in [5.41, 5.74) is 0. The summed E-state index contributed by atoms with van der Waals surface area (Å²) < 4.78 is 0. The zero-order valence-corrected chi connectivity index (χ0v) is 19.6. The van der Waals surface area contributed by atoms with Crippen LogP contribution in [0.1, 0.15) is 61.3 Å². The topological polar surface area (TPSA) is 113 Å². The van der Waals surface area contributed by atoms with Gasteiger partial charge in [-0.3, -0.25) is 24.1 Å². The van der Waals surface area contributed by atoms with Gasteiger partial charge < -0.3 is 4.84 Å². The van der Waals surface area contributed by atoms with E-state index in [0.29, 0.717) is 5.06 Å². The molecule has 0 saturated carbocycles. The molecule has 1 saturated heterocycles. The van der Waals surface area contributed by atoms with Gasteiger partial charge >= 0.3 is 5.97 Å². The molecule has 2 aliphatic heterocycles. The molecule has 10 heteroatoms. The van der Waals surface area contributed by atoms with Crippen LogP contribution >= 0.6 is 12.2 Å². The number of carbonyl (C=O) groups is 5. The standard InChI is InChI=1S/C6H7NO4.C5H5NO2.C2H3NS.3C2H6/c1-4(8)11-7-5(9)2-3-6(7)10;1-6-4(7)2-3-5(6)8;1-3-2-4;3*1-2/h2-3H2,1H3;2-3H,1H3;1H3;3*1-2H3. The second-order valence-electron chi connectivity index (χ2n) is 4.05. The predicted octanol–water partition coefficient (Wildman–Crippen LogP) is 2.95. The number of isothiocyanates is 1. The SMILES string of the molecule is CC.CC.CC.CC(=O)ON1C(=O)CCC1=O.CN1C(=O)C=CC1=O.CN=C=S. The number of thiocarbonyl (C=S) groups is 1. The average molecular weight is 432 g/mol. The van der Waals surface area contributed by atoms with E-state index in [1.54, 1.807) is 7.05 Å². The van der Waals surface area contributed by atoms with Crippen molar-refractivity contribution in [1.82, 2.24) is 9.96 Å². The van der Waals surface area contributed by atoms with Crippen LogP contribution in [0.2, 0.25) is 0 Å². The predicted molar refractivity (Wildman–Crippen MR) is 115 cm³/mol. The normalized spacial score (nSPS) is 12.9. The first-order chi connectivity index (χ1) is 13.7. The van der Waals surface area contributed by atoms with Crippen molar-refractivity contribution in [3.05, 3.63) is 12.2 Å². The third-order valence-corrected chi connectivity index (χ3v) is 2.53. The lowest BCUT2D eigenvalue weighted by Gasteiger charge is -2.09. The molecule has 0 spiro atoms. The van der Waals surface area contributed by atoms with Gasteiger partial charge in [-0.15, -0.1) is 5.06 Å². The summed E-state index contributed by atoms with van der Waals surface area (Å²) in [6, 6.07) is 0. The minimum absolute atomic E-state index is 0.131. The van der Waals surface area contributed by atoms with Crippen LogP contribution in [0.25, 0.3) is 0 Å². The van der Waals surface area contributed by atoms with E-state index < -0.39 is 17.8 Å². The second kappa shape index (κ2) is 23.3. The van der Waals surface area contributed by atoms with Gasteiger partial charge in [-0.1, -0.05) is 41.5 Å². The molecular formula is C19H33N3O6S. The Bertz CT molecular complexity index is 565. The van der Waals surface area contributed by atoms with Crippen LogP contribution in [-0.2, 0) is 28.8 Å². The largest absolute Gasteiger partial charge is 0.331 e. The van der Waals surface area contributed by atoms with Gasteiger partial charge in [-0.05, 0) is 12.2 Å². The van der Waals surface area contributed by atoms with Crippen LogP contribution in [0.3, 0.4) is 0 Å². The molecule has 0 atom stereocenters. The third-order valence-electron chi connectivity index (χ3n) is 2.35. The third kappa shape index (κ3) is 17.1. The fourth-order valence-electron chi connectivity index (χ4n) is 1.26. The molecule has 0 radical (unpaired) electrons. The first kappa shape index (κ1) is 33.8. The van der Waals surface area contributed by atoms with Gasteiger partial charge in [0.05, 0.1) is 5.16 Å². The van der Waals surface area contributed by atoms with E-state index in [2.05, 4.69) is 27.2 Å². The highest BCUT2D eigenvalue weighted by Gasteiger charge is 2.31. The Labute approximate surface area is 178 Å². The Morgan fingerprint density at radius 3 is 1.45 bits per heavy atom. The molecule has 2 heterocycles. The maximum Gasteiger partial charge on any atom is 0.330 e. The highest BCUT2D eigenvalue weighted by Crippen LogP contribution is 2.11. The van der Waals surface area contributed by atoms with E-state index in [0.717, 1.165) is 11.8 Å². The molecule has 2 rings (SSSR count). The van der Waals surface area contributed by atoms with Crippen molar-refractivity contribution in [2.45, 2.75) is 61.3 Å². The highest BCUT2D eigenvalue weighted by atomic mass is 32.1. The Morgan fingerprint density at radius 1 is 0.966 bits per heavy atom. The van der Waals surface area contributed by atoms with Crippen molar-refractivity contribution in [3.8, 4) is 0 Å². The van der Waals surface area contributed by atoms with Crippen LogP contribution in [0.5, 0.6) is 0 Å². The summed E-state index contributed by atoms with van der Waals surface area (Å²) >= 11 is 4.14. The van der Waals surface area contributed by atoms with Crippen LogP contribution < -0.4 is 0 Å². The molecule has 9 nitrogen and oxygen atoms in total. The maximum atomic E-state index is 10.7. The number of carbonyl (C=O) groups excluding carboxylic acids is 5. The summed E-state index contributed by atoms with van der Waals surface area (Å²) in [7, 11) is 3.04. The van der Waals surface area contributed by atoms with Crippen LogP contribution in [0.15, 0.2) is 17.1 Å². The van der Waals surface area contributed by atoms with Gasteiger partial charge in [0.15, 0.2) is 0 Å². The van der Waals surface area contributed by atoms with Crippen molar-refractivity contribution in [2.24, 2.45) is 4.99 Å². The zero-order chi connectivity index (χ0) is 24.0. The molecule has 4 amide bonds.